The number of anilines is 1. The first kappa shape index (κ1) is 21.8. The lowest BCUT2D eigenvalue weighted by molar-refractivity contribution is -0.117. The van der Waals surface area contributed by atoms with Crippen molar-refractivity contribution in [3.8, 4) is 5.75 Å². The van der Waals surface area contributed by atoms with E-state index in [0.717, 1.165) is 16.1 Å². The van der Waals surface area contributed by atoms with Gasteiger partial charge in [0, 0.05) is 5.69 Å². The predicted octanol–water partition coefficient (Wildman–Crippen LogP) is 5.25. The second-order valence-electron chi connectivity index (χ2n) is 7.66. The molecule has 32 heavy (non-hydrogen) atoms. The van der Waals surface area contributed by atoms with Crippen molar-refractivity contribution >= 4 is 28.7 Å². The van der Waals surface area contributed by atoms with Gasteiger partial charge < -0.3 is 9.84 Å². The molecule has 3 aromatic rings. The van der Waals surface area contributed by atoms with Crippen LogP contribution < -0.4 is 9.64 Å². The molecule has 2 aromatic carbocycles. The highest BCUT2D eigenvalue weighted by atomic mass is 32.1. The van der Waals surface area contributed by atoms with Crippen LogP contribution >= 0.6 is 11.3 Å². The molecule has 0 saturated heterocycles. The van der Waals surface area contributed by atoms with Crippen LogP contribution in [-0.2, 0) is 4.79 Å². The molecule has 1 unspecified atom stereocenters. The Morgan fingerprint density at radius 1 is 1.16 bits per heavy atom. The molecule has 0 fully saturated rings. The van der Waals surface area contributed by atoms with Gasteiger partial charge in [-0.25, -0.2) is 4.98 Å². The molecule has 1 aromatic heterocycles. The van der Waals surface area contributed by atoms with Crippen LogP contribution in [0.5, 0.6) is 5.75 Å². The number of aliphatic hydroxyl groups is 1. The smallest absolute Gasteiger partial charge is 0.294 e. The minimum atomic E-state index is -0.755. The molecule has 6 nitrogen and oxygen atoms in total. The summed E-state index contributed by atoms with van der Waals surface area (Å²) in [5.74, 6) is -0.832. The number of amides is 1. The Labute approximate surface area is 190 Å². The number of Topliss-reactive ketones (excluding diaryl/α,β-unsaturated/α-hetero) is 1. The van der Waals surface area contributed by atoms with E-state index in [-0.39, 0.29) is 11.4 Å². The van der Waals surface area contributed by atoms with Gasteiger partial charge in [0.2, 0.25) is 5.78 Å². The van der Waals surface area contributed by atoms with Gasteiger partial charge in [0.15, 0.2) is 5.76 Å². The molecular weight excluding hydrogens is 424 g/mol. The van der Waals surface area contributed by atoms with E-state index in [1.807, 2.05) is 45.0 Å². The zero-order valence-electron chi connectivity index (χ0n) is 18.4. The van der Waals surface area contributed by atoms with Gasteiger partial charge in [0.05, 0.1) is 33.8 Å². The number of carbonyl (C=O) groups is 2. The first-order chi connectivity index (χ1) is 15.3. The second kappa shape index (κ2) is 8.59. The summed E-state index contributed by atoms with van der Waals surface area (Å²) in [6, 6.07) is 13.9. The normalized spacial score (nSPS) is 16.1. The van der Waals surface area contributed by atoms with Crippen LogP contribution in [0.3, 0.4) is 0 Å². The maximum absolute atomic E-state index is 13.6. The van der Waals surface area contributed by atoms with E-state index in [9.17, 15) is 14.7 Å². The van der Waals surface area contributed by atoms with E-state index in [1.165, 1.54) is 16.2 Å². The Morgan fingerprint density at radius 2 is 1.88 bits per heavy atom. The lowest BCUT2D eigenvalue weighted by Crippen LogP contribution is -2.31. The summed E-state index contributed by atoms with van der Waals surface area (Å²) in [6.07, 6.45) is 0. The van der Waals surface area contributed by atoms with Crippen LogP contribution in [0.25, 0.3) is 0 Å². The highest BCUT2D eigenvalue weighted by Gasteiger charge is 2.45. The number of carbonyl (C=O) groups excluding carboxylic acids is 2. The SMILES string of the molecule is CCOc1ccc(N2C(=O)C(O)=C(C(=O)c3sc(C)nc3C)C2c2cccc(C)c2)cc1. The fraction of sp³-hybridized carbons (Fsp3) is 0.240. The molecule has 164 valence electrons. The van der Waals surface area contributed by atoms with E-state index >= 15 is 0 Å². The topological polar surface area (TPSA) is 79.7 Å². The van der Waals surface area contributed by atoms with Crippen molar-refractivity contribution in [3.63, 3.8) is 0 Å². The molecule has 0 aliphatic carbocycles. The maximum atomic E-state index is 13.6. The number of ether oxygens (including phenoxy) is 1. The van der Waals surface area contributed by atoms with Gasteiger partial charge in [-0.05, 0) is 57.5 Å². The summed E-state index contributed by atoms with van der Waals surface area (Å²) in [7, 11) is 0. The molecule has 2 heterocycles. The quantitative estimate of drug-likeness (QED) is 0.521. The lowest BCUT2D eigenvalue weighted by atomic mass is 9.94. The summed E-state index contributed by atoms with van der Waals surface area (Å²) >= 11 is 1.27. The first-order valence-electron chi connectivity index (χ1n) is 10.4. The summed E-state index contributed by atoms with van der Waals surface area (Å²) in [6.45, 7) is 7.96. The minimum Gasteiger partial charge on any atom is -0.503 e. The summed E-state index contributed by atoms with van der Waals surface area (Å²) in [5, 5.41) is 11.6. The highest BCUT2D eigenvalue weighted by Crippen LogP contribution is 2.43. The lowest BCUT2D eigenvalue weighted by Gasteiger charge is -2.27. The molecule has 1 atom stereocenters. The number of aromatic nitrogens is 1. The van der Waals surface area contributed by atoms with Crippen molar-refractivity contribution in [1.29, 1.82) is 0 Å². The van der Waals surface area contributed by atoms with Crippen LogP contribution in [0, 0.1) is 20.8 Å². The van der Waals surface area contributed by atoms with Crippen LogP contribution in [0.1, 0.15) is 44.5 Å². The molecule has 1 aliphatic rings. The summed E-state index contributed by atoms with van der Waals surface area (Å²) < 4.78 is 5.51. The average Bonchev–Trinajstić information content (AvgIpc) is 3.24. The number of thiazole rings is 1. The third-order valence-electron chi connectivity index (χ3n) is 5.35. The number of ketones is 1. The standard InChI is InChI=1S/C25H24N2O4S/c1-5-31-19-11-9-18(10-12-19)27-21(17-8-6-7-14(2)13-17)20(23(29)25(27)30)22(28)24-15(3)26-16(4)32-24/h6-13,21,29H,5H2,1-4H3. The van der Waals surface area contributed by atoms with E-state index in [2.05, 4.69) is 4.98 Å². The number of hydrogen-bond donors (Lipinski definition) is 1. The first-order valence-corrected chi connectivity index (χ1v) is 11.2. The Hall–Kier alpha value is -3.45. The van der Waals surface area contributed by atoms with E-state index in [4.69, 9.17) is 4.74 Å². The Kier molecular flexibility index (Phi) is 5.84. The van der Waals surface area contributed by atoms with Crippen molar-refractivity contribution in [3.05, 3.63) is 86.6 Å². The summed E-state index contributed by atoms with van der Waals surface area (Å²) in [4.78, 5) is 33.1. The minimum absolute atomic E-state index is 0.0706. The van der Waals surface area contributed by atoms with Crippen LogP contribution in [0.2, 0.25) is 0 Å². The highest BCUT2D eigenvalue weighted by molar-refractivity contribution is 7.14. The van der Waals surface area contributed by atoms with Crippen molar-refractivity contribution in [2.75, 3.05) is 11.5 Å². The fourth-order valence-corrected chi connectivity index (χ4v) is 4.87. The number of benzene rings is 2. The van der Waals surface area contributed by atoms with Gasteiger partial charge >= 0.3 is 0 Å². The van der Waals surface area contributed by atoms with Crippen molar-refractivity contribution in [1.82, 2.24) is 4.98 Å². The van der Waals surface area contributed by atoms with E-state index in [0.29, 0.717) is 28.6 Å². The van der Waals surface area contributed by atoms with Crippen LogP contribution in [0.4, 0.5) is 5.69 Å². The zero-order valence-corrected chi connectivity index (χ0v) is 19.2. The van der Waals surface area contributed by atoms with Gasteiger partial charge in [0.1, 0.15) is 5.75 Å². The number of hydrogen-bond acceptors (Lipinski definition) is 6. The van der Waals surface area contributed by atoms with E-state index < -0.39 is 17.7 Å². The Bertz CT molecular complexity index is 1230. The molecular formula is C25H24N2O4S. The molecule has 4 rings (SSSR count). The number of rotatable bonds is 6. The van der Waals surface area contributed by atoms with Gasteiger partial charge in [-0.3, -0.25) is 14.5 Å². The van der Waals surface area contributed by atoms with Crippen LogP contribution in [-0.4, -0.2) is 28.4 Å². The maximum Gasteiger partial charge on any atom is 0.294 e. The van der Waals surface area contributed by atoms with Crippen molar-refractivity contribution in [2.24, 2.45) is 0 Å². The molecule has 0 spiro atoms. The fourth-order valence-electron chi connectivity index (χ4n) is 3.99. The molecule has 1 amide bonds. The molecule has 0 radical (unpaired) electrons. The van der Waals surface area contributed by atoms with Crippen molar-refractivity contribution < 1.29 is 19.4 Å². The third-order valence-corrected chi connectivity index (χ3v) is 6.42. The predicted molar refractivity (Wildman–Crippen MR) is 125 cm³/mol. The molecule has 7 heteroatoms. The third kappa shape index (κ3) is 3.80. The second-order valence-corrected chi connectivity index (χ2v) is 8.86. The Morgan fingerprint density at radius 3 is 2.47 bits per heavy atom. The van der Waals surface area contributed by atoms with Crippen molar-refractivity contribution in [2.45, 2.75) is 33.7 Å². The number of nitrogens with zero attached hydrogens (tertiary/aromatic N) is 2. The number of aryl methyl sites for hydroxylation is 3. The molecule has 1 N–H and O–H groups in total. The van der Waals surface area contributed by atoms with E-state index in [1.54, 1.807) is 31.2 Å². The zero-order chi connectivity index (χ0) is 23.0. The molecule has 1 aliphatic heterocycles. The van der Waals surface area contributed by atoms with Gasteiger partial charge in [-0.2, -0.15) is 0 Å². The van der Waals surface area contributed by atoms with Crippen LogP contribution in [0.15, 0.2) is 59.9 Å². The monoisotopic (exact) mass is 448 g/mol. The largest absolute Gasteiger partial charge is 0.503 e. The number of aliphatic hydroxyl groups excluding tert-OH is 1. The van der Waals surface area contributed by atoms with Gasteiger partial charge in [-0.15, -0.1) is 11.3 Å². The molecule has 0 bridgehead atoms. The summed E-state index contributed by atoms with van der Waals surface area (Å²) in [5.41, 5.74) is 2.97. The average molecular weight is 449 g/mol. The molecule has 0 saturated carbocycles. The Balaban J connectivity index is 1.85. The van der Waals surface area contributed by atoms with Gasteiger partial charge in [0.25, 0.3) is 5.91 Å². The van der Waals surface area contributed by atoms with Gasteiger partial charge in [-0.1, -0.05) is 29.8 Å².